The molecule has 18 heteroatoms. The molecule has 4 aromatic heterocycles. The van der Waals surface area contributed by atoms with Crippen LogP contribution in [0, 0.1) is 5.82 Å². The average Bonchev–Trinajstić information content (AvgIpc) is 3.69. The van der Waals surface area contributed by atoms with Gasteiger partial charge >= 0.3 is 13.2 Å². The second-order valence-corrected chi connectivity index (χ2v) is 9.47. The Morgan fingerprint density at radius 3 is 2.61 bits per heavy atom. The zero-order chi connectivity index (χ0) is 28.8. The van der Waals surface area contributed by atoms with Crippen molar-refractivity contribution in [2.45, 2.75) is 25.6 Å². The minimum Gasteiger partial charge on any atom is -0.323 e. The molecule has 0 unspecified atom stereocenters. The van der Waals surface area contributed by atoms with E-state index < -0.39 is 25.0 Å². The lowest BCUT2D eigenvalue weighted by molar-refractivity contribution is -1.01. The fourth-order valence-electron chi connectivity index (χ4n) is 4.61. The van der Waals surface area contributed by atoms with Gasteiger partial charge in [-0.15, -0.1) is 5.10 Å². The number of rotatable bonds is 8. The van der Waals surface area contributed by atoms with Crippen molar-refractivity contribution < 1.29 is 41.0 Å². The molecule has 1 aromatic carbocycles. The van der Waals surface area contributed by atoms with Crippen molar-refractivity contribution in [2.75, 3.05) is 6.61 Å². The van der Waals surface area contributed by atoms with Gasteiger partial charge in [-0.05, 0) is 39.4 Å². The molecule has 0 amide bonds. The molecule has 0 N–H and O–H groups in total. The Bertz CT molecular complexity index is 1730. The first-order chi connectivity index (χ1) is 19.7. The summed E-state index contributed by atoms with van der Waals surface area (Å²) in [5.41, 5.74) is 1.23. The van der Waals surface area contributed by atoms with E-state index in [2.05, 4.69) is 25.4 Å². The van der Waals surface area contributed by atoms with E-state index in [0.717, 1.165) is 6.20 Å². The molecule has 6 rings (SSSR count). The van der Waals surface area contributed by atoms with Crippen LogP contribution in [0.3, 0.4) is 0 Å². The zero-order valence-corrected chi connectivity index (χ0v) is 21.8. The molecule has 5 aromatic rings. The second-order valence-electron chi connectivity index (χ2n) is 8.66. The van der Waals surface area contributed by atoms with Gasteiger partial charge in [-0.1, -0.05) is 28.1 Å². The van der Waals surface area contributed by atoms with E-state index in [1.807, 2.05) is 0 Å². The quantitative estimate of drug-likeness (QED) is 0.195. The van der Waals surface area contributed by atoms with E-state index in [9.17, 15) is 17.6 Å². The van der Waals surface area contributed by atoms with Crippen molar-refractivity contribution in [2.24, 2.45) is 0 Å². The lowest BCUT2D eigenvalue weighted by Crippen LogP contribution is -2.66. The average molecular weight is 616 g/mol. The molecule has 1 aliphatic heterocycles. The van der Waals surface area contributed by atoms with Gasteiger partial charge in [0.2, 0.25) is 18.1 Å². The van der Waals surface area contributed by atoms with Crippen molar-refractivity contribution in [3.63, 3.8) is 0 Å². The predicted octanol–water partition coefficient (Wildman–Crippen LogP) is 3.83. The Kier molecular flexibility index (Phi) is 7.04. The van der Waals surface area contributed by atoms with Crippen molar-refractivity contribution in [3.05, 3.63) is 76.9 Å². The number of aromatic nitrogens is 9. The Morgan fingerprint density at radius 2 is 1.88 bits per heavy atom. The highest BCUT2D eigenvalue weighted by Crippen LogP contribution is 2.34. The third-order valence-corrected chi connectivity index (χ3v) is 6.90. The molecule has 0 aliphatic carbocycles. The van der Waals surface area contributed by atoms with Crippen LogP contribution in [0.25, 0.3) is 28.1 Å². The summed E-state index contributed by atoms with van der Waals surface area (Å²) in [4.78, 5) is 7.16. The number of alkyl halides is 4. The monoisotopic (exact) mass is 615 g/mol. The molecule has 1 atom stereocenters. The molecule has 0 saturated carbocycles. The zero-order valence-electron chi connectivity index (χ0n) is 20.3. The summed E-state index contributed by atoms with van der Waals surface area (Å²) in [6.45, 7) is -6.32. The van der Waals surface area contributed by atoms with E-state index in [-0.39, 0.29) is 45.6 Å². The smallest absolute Gasteiger partial charge is 0.323 e. The van der Waals surface area contributed by atoms with Gasteiger partial charge in [0.15, 0.2) is 10.7 Å². The SMILES string of the molecule is Fc1c(Cl)ccc(-n2cnnn2)c1-c1ccc2[n+](c1)On1cc(-c3c(Cl)cnn3C(F)F)c[n+]1[C@@H]2CCOC(F)F. The molecular formula is C23H16Cl2F5N9O2+2. The highest BCUT2D eigenvalue weighted by atomic mass is 35.5. The van der Waals surface area contributed by atoms with Crippen molar-refractivity contribution >= 4 is 23.2 Å². The van der Waals surface area contributed by atoms with Crippen LogP contribution in [0.4, 0.5) is 22.0 Å². The van der Waals surface area contributed by atoms with Crippen LogP contribution >= 0.6 is 23.2 Å². The van der Waals surface area contributed by atoms with Gasteiger partial charge in [-0.2, -0.15) is 27.3 Å². The van der Waals surface area contributed by atoms with Gasteiger partial charge in [0.05, 0.1) is 28.5 Å². The molecule has 0 spiro atoms. The molecule has 5 heterocycles. The molecule has 1 aliphatic rings. The minimum absolute atomic E-state index is 0.0322. The van der Waals surface area contributed by atoms with E-state index in [1.165, 1.54) is 56.0 Å². The van der Waals surface area contributed by atoms with Crippen LogP contribution < -0.4 is 14.4 Å². The summed E-state index contributed by atoms with van der Waals surface area (Å²) in [7, 11) is 0. The van der Waals surface area contributed by atoms with Crippen molar-refractivity contribution in [3.8, 4) is 28.1 Å². The summed E-state index contributed by atoms with van der Waals surface area (Å²) in [5.74, 6) is -0.744. The number of tetrazole rings is 1. The number of hydrogen-bond donors (Lipinski definition) is 0. The van der Waals surface area contributed by atoms with Gasteiger partial charge in [-0.25, -0.2) is 9.07 Å². The molecule has 212 valence electrons. The molecule has 0 radical (unpaired) electrons. The number of benzene rings is 1. The summed E-state index contributed by atoms with van der Waals surface area (Å²) >= 11 is 12.2. The summed E-state index contributed by atoms with van der Waals surface area (Å²) in [6.07, 6.45) is 6.70. The van der Waals surface area contributed by atoms with E-state index >= 15 is 4.39 Å². The Hall–Kier alpha value is -4.15. The molecule has 0 saturated heterocycles. The van der Waals surface area contributed by atoms with Crippen LogP contribution in [0.2, 0.25) is 10.0 Å². The minimum atomic E-state index is -2.99. The number of halogens is 7. The Labute approximate surface area is 236 Å². The maximum absolute atomic E-state index is 15.4. The third kappa shape index (κ3) is 4.87. The Balaban J connectivity index is 1.46. The number of pyridine rings is 1. The van der Waals surface area contributed by atoms with Crippen LogP contribution in [0.1, 0.15) is 24.7 Å². The first-order valence-corrected chi connectivity index (χ1v) is 12.5. The summed E-state index contributed by atoms with van der Waals surface area (Å²) < 4.78 is 77.1. The third-order valence-electron chi connectivity index (χ3n) is 6.33. The standard InChI is InChI=1S/C23H16Cl2F5N9O2/c24-14-2-4-18(35-11-31-33-34-35)19(20(14)26)12-1-3-17-16(5-6-40-23(29)30)36-8-13(10-38(36)41-37(17)9-12)21-15(25)7-32-39(21)22(27)28/h1-4,7-11,16,22-23H,5-6H2/q+2/t16-/m1/s1. The van der Waals surface area contributed by atoms with Crippen LogP contribution in [0.15, 0.2) is 55.4 Å². The largest absolute Gasteiger partial charge is 0.345 e. The maximum Gasteiger partial charge on any atom is 0.345 e. The number of hydrogen-bond acceptors (Lipinski definition) is 6. The van der Waals surface area contributed by atoms with E-state index in [1.54, 1.807) is 12.1 Å². The van der Waals surface area contributed by atoms with Crippen molar-refractivity contribution in [1.29, 1.82) is 0 Å². The van der Waals surface area contributed by atoms with Gasteiger partial charge in [-0.3, -0.25) is 0 Å². The highest BCUT2D eigenvalue weighted by Gasteiger charge is 2.43. The van der Waals surface area contributed by atoms with E-state index in [4.69, 9.17) is 28.1 Å². The lowest BCUT2D eigenvalue weighted by atomic mass is 10.0. The van der Waals surface area contributed by atoms with Crippen LogP contribution in [0.5, 0.6) is 0 Å². The van der Waals surface area contributed by atoms with Gasteiger partial charge in [0, 0.05) is 22.2 Å². The molecule has 41 heavy (non-hydrogen) atoms. The predicted molar refractivity (Wildman–Crippen MR) is 129 cm³/mol. The second kappa shape index (κ2) is 10.7. The van der Waals surface area contributed by atoms with Gasteiger partial charge in [0.25, 0.3) is 6.04 Å². The highest BCUT2D eigenvalue weighted by molar-refractivity contribution is 6.33. The Morgan fingerprint density at radius 1 is 1.05 bits per heavy atom. The van der Waals surface area contributed by atoms with Crippen molar-refractivity contribution in [1.82, 2.24) is 34.8 Å². The first kappa shape index (κ1) is 27.0. The van der Waals surface area contributed by atoms with E-state index in [0.29, 0.717) is 15.9 Å². The van der Waals surface area contributed by atoms with Gasteiger partial charge in [0.1, 0.15) is 23.8 Å². The topological polar surface area (TPSA) is 92.6 Å². The number of fused-ring (bicyclic) bond motifs is 2. The fraction of sp³-hybridized carbons (Fsp3) is 0.217. The normalized spacial score (nSPS) is 14.4. The lowest BCUT2D eigenvalue weighted by Gasteiger charge is -2.16. The van der Waals surface area contributed by atoms with Crippen LogP contribution in [-0.4, -0.2) is 48.1 Å². The number of ether oxygens (including phenoxy) is 1. The maximum atomic E-state index is 15.4. The van der Waals surface area contributed by atoms with Crippen LogP contribution in [-0.2, 0) is 4.74 Å². The van der Waals surface area contributed by atoms with Gasteiger partial charge < -0.3 is 4.74 Å². The molecule has 0 bridgehead atoms. The molecule has 0 fully saturated rings. The summed E-state index contributed by atoms with van der Waals surface area (Å²) in [6, 6.07) is 5.40. The first-order valence-electron chi connectivity index (χ1n) is 11.7. The molecule has 11 nitrogen and oxygen atoms in total. The summed E-state index contributed by atoms with van der Waals surface area (Å²) in [5, 5.41) is 14.4. The fourth-order valence-corrected chi connectivity index (χ4v) is 5.01. The molecular weight excluding hydrogens is 600 g/mol. The number of nitrogens with zero attached hydrogens (tertiary/aromatic N) is 9.